The lowest BCUT2D eigenvalue weighted by molar-refractivity contribution is 1.06. The number of thioether (sulfide) groups is 1. The number of hydrogen-bond donors (Lipinski definition) is 3. The van der Waals surface area contributed by atoms with Crippen LogP contribution >= 0.6 is 23.3 Å². The van der Waals surface area contributed by atoms with Gasteiger partial charge in [0.1, 0.15) is 27.6 Å². The number of nitrogens with zero attached hydrogens (tertiary/aromatic N) is 5. The van der Waals surface area contributed by atoms with Crippen molar-refractivity contribution in [2.45, 2.75) is 10.8 Å². The maximum absolute atomic E-state index is 5.37. The van der Waals surface area contributed by atoms with E-state index in [1.807, 2.05) is 0 Å². The maximum atomic E-state index is 5.37. The molecule has 0 aliphatic rings. The third kappa shape index (κ3) is 2.00. The van der Waals surface area contributed by atoms with Gasteiger partial charge in [-0.15, -0.1) is 5.10 Å². The zero-order chi connectivity index (χ0) is 12.4. The monoisotopic (exact) mass is 280 g/mol. The zero-order valence-electron chi connectivity index (χ0n) is 8.99. The van der Waals surface area contributed by atoms with Crippen molar-refractivity contribution in [1.82, 2.24) is 29.5 Å². The van der Waals surface area contributed by atoms with Crippen LogP contribution in [0.3, 0.4) is 0 Å². The van der Waals surface area contributed by atoms with Crippen molar-refractivity contribution in [3.05, 3.63) is 18.3 Å². The van der Waals surface area contributed by atoms with Gasteiger partial charge in [-0.2, -0.15) is 0 Å². The van der Waals surface area contributed by atoms with Crippen LogP contribution in [0.25, 0.3) is 11.2 Å². The number of H-pyrrole nitrogens is 1. The molecule has 4 N–H and O–H groups in total. The van der Waals surface area contributed by atoms with Gasteiger partial charge in [0, 0.05) is 17.3 Å². The quantitative estimate of drug-likeness (QED) is 0.278. The molecule has 3 rings (SSSR count). The number of anilines is 1. The normalized spacial score (nSPS) is 10.9. The molecule has 10 heteroatoms. The van der Waals surface area contributed by atoms with Gasteiger partial charge in [-0.25, -0.2) is 20.8 Å². The lowest BCUT2D eigenvalue weighted by Gasteiger charge is -2.00. The van der Waals surface area contributed by atoms with Crippen LogP contribution < -0.4 is 11.3 Å². The van der Waals surface area contributed by atoms with Crippen molar-refractivity contribution in [3.63, 3.8) is 0 Å². The van der Waals surface area contributed by atoms with E-state index in [1.54, 1.807) is 6.33 Å². The summed E-state index contributed by atoms with van der Waals surface area (Å²) >= 11 is 2.75. The summed E-state index contributed by atoms with van der Waals surface area (Å²) in [5.74, 6) is 5.99. The number of hydrazine groups is 1. The van der Waals surface area contributed by atoms with Crippen molar-refractivity contribution >= 4 is 39.5 Å². The number of aromatic nitrogens is 6. The molecule has 3 heterocycles. The van der Waals surface area contributed by atoms with Gasteiger partial charge in [-0.1, -0.05) is 16.3 Å². The Hall–Kier alpha value is -1.78. The van der Waals surface area contributed by atoms with Gasteiger partial charge in [-0.05, 0) is 0 Å². The average Bonchev–Trinajstić information content (AvgIpc) is 3.04. The zero-order valence-corrected chi connectivity index (χ0v) is 10.6. The summed E-state index contributed by atoms with van der Waals surface area (Å²) in [5.41, 5.74) is 4.86. The van der Waals surface area contributed by atoms with Crippen LogP contribution in [-0.2, 0) is 5.75 Å². The van der Waals surface area contributed by atoms with E-state index in [1.165, 1.54) is 29.6 Å². The molecule has 0 spiro atoms. The second-order valence-corrected chi connectivity index (χ2v) is 4.98. The van der Waals surface area contributed by atoms with E-state index < -0.39 is 0 Å². The summed E-state index contributed by atoms with van der Waals surface area (Å²) in [5, 5.41) is 5.59. The third-order valence-corrected chi connectivity index (χ3v) is 3.92. The smallest absolute Gasteiger partial charge is 0.181 e. The number of rotatable bonds is 4. The van der Waals surface area contributed by atoms with E-state index in [2.05, 4.69) is 34.9 Å². The van der Waals surface area contributed by atoms with E-state index >= 15 is 0 Å². The minimum absolute atomic E-state index is 0.626. The van der Waals surface area contributed by atoms with E-state index in [9.17, 15) is 0 Å². The van der Waals surface area contributed by atoms with Crippen LogP contribution in [0.15, 0.2) is 17.7 Å². The van der Waals surface area contributed by atoms with Crippen LogP contribution in [0.1, 0.15) is 5.69 Å². The van der Waals surface area contributed by atoms with Crippen LogP contribution in [0.2, 0.25) is 0 Å². The molecule has 0 bridgehead atoms. The highest BCUT2D eigenvalue weighted by molar-refractivity contribution is 7.98. The summed E-state index contributed by atoms with van der Waals surface area (Å²) in [7, 11) is 0. The predicted molar refractivity (Wildman–Crippen MR) is 69.0 cm³/mol. The molecule has 0 atom stereocenters. The second kappa shape index (κ2) is 4.84. The fourth-order valence-corrected chi connectivity index (χ4v) is 2.88. The molecule has 92 valence electrons. The van der Waals surface area contributed by atoms with Crippen molar-refractivity contribution < 1.29 is 0 Å². The van der Waals surface area contributed by atoms with Gasteiger partial charge in [0.15, 0.2) is 5.65 Å². The predicted octanol–water partition coefficient (Wildman–Crippen LogP) is 0.782. The molecule has 0 amide bonds. The Morgan fingerprint density at radius 3 is 3.22 bits per heavy atom. The SMILES string of the molecule is NNc1snnc1CSc1ncnc2nc[nH]c12. The Labute approximate surface area is 110 Å². The first-order chi connectivity index (χ1) is 8.88. The number of nitrogens with two attached hydrogens (primary N) is 1. The molecule has 0 aliphatic carbocycles. The molecule has 8 nitrogen and oxygen atoms in total. The van der Waals surface area contributed by atoms with Gasteiger partial charge in [0.2, 0.25) is 0 Å². The average molecular weight is 280 g/mol. The largest absolute Gasteiger partial charge is 0.341 e. The molecule has 0 aromatic carbocycles. The second-order valence-electron chi connectivity index (χ2n) is 3.26. The van der Waals surface area contributed by atoms with Crippen molar-refractivity contribution in [2.24, 2.45) is 5.84 Å². The van der Waals surface area contributed by atoms with Gasteiger partial charge >= 0.3 is 0 Å². The first-order valence-electron chi connectivity index (χ1n) is 4.93. The Bertz CT molecular complexity index is 662. The van der Waals surface area contributed by atoms with Crippen LogP contribution in [0, 0.1) is 0 Å². The number of fused-ring (bicyclic) bond motifs is 1. The molecule has 0 saturated carbocycles. The summed E-state index contributed by atoms with van der Waals surface area (Å²) < 4.78 is 3.84. The number of hydrogen-bond acceptors (Lipinski definition) is 9. The lowest BCUT2D eigenvalue weighted by Crippen LogP contribution is -2.06. The third-order valence-electron chi connectivity index (χ3n) is 2.22. The number of imidazole rings is 1. The molecular weight excluding hydrogens is 272 g/mol. The number of nitrogen functional groups attached to an aromatic ring is 1. The minimum Gasteiger partial charge on any atom is -0.341 e. The highest BCUT2D eigenvalue weighted by Gasteiger charge is 2.10. The fraction of sp³-hybridized carbons (Fsp3) is 0.125. The standard InChI is InChI=1S/C8H8N8S2/c9-14-7-4(15-16-18-7)1-17-8-5-6(11-2-10-5)12-3-13-8/h2-3,14H,1,9H2,(H,10,11,12,13). The summed E-state index contributed by atoms with van der Waals surface area (Å²) in [6.45, 7) is 0. The molecular formula is C8H8N8S2. The van der Waals surface area contributed by atoms with E-state index in [0.29, 0.717) is 11.4 Å². The topological polar surface area (TPSA) is 118 Å². The maximum Gasteiger partial charge on any atom is 0.181 e. The highest BCUT2D eigenvalue weighted by atomic mass is 32.2. The van der Waals surface area contributed by atoms with E-state index in [0.717, 1.165) is 21.2 Å². The van der Waals surface area contributed by atoms with Crippen molar-refractivity contribution in [3.8, 4) is 0 Å². The van der Waals surface area contributed by atoms with Gasteiger partial charge in [0.25, 0.3) is 0 Å². The minimum atomic E-state index is 0.626. The van der Waals surface area contributed by atoms with Gasteiger partial charge in [-0.3, -0.25) is 0 Å². The number of nitrogens with one attached hydrogen (secondary N) is 2. The van der Waals surface area contributed by atoms with Crippen LogP contribution in [0.4, 0.5) is 5.00 Å². The van der Waals surface area contributed by atoms with Crippen LogP contribution in [-0.4, -0.2) is 29.5 Å². The Morgan fingerprint density at radius 1 is 1.39 bits per heavy atom. The Balaban J connectivity index is 1.83. The Kier molecular flexibility index (Phi) is 3.04. The first-order valence-corrected chi connectivity index (χ1v) is 6.69. The summed E-state index contributed by atoms with van der Waals surface area (Å²) in [6.07, 6.45) is 3.09. The molecule has 0 fully saturated rings. The van der Waals surface area contributed by atoms with E-state index in [-0.39, 0.29) is 0 Å². The molecule has 0 radical (unpaired) electrons. The number of aromatic amines is 1. The molecule has 3 aromatic heterocycles. The van der Waals surface area contributed by atoms with Crippen molar-refractivity contribution in [2.75, 3.05) is 5.43 Å². The molecule has 3 aromatic rings. The lowest BCUT2D eigenvalue weighted by atomic mass is 10.5. The molecule has 0 saturated heterocycles. The Morgan fingerprint density at radius 2 is 2.33 bits per heavy atom. The molecule has 18 heavy (non-hydrogen) atoms. The highest BCUT2D eigenvalue weighted by Crippen LogP contribution is 2.28. The van der Waals surface area contributed by atoms with Gasteiger partial charge < -0.3 is 10.4 Å². The molecule has 0 aliphatic heterocycles. The van der Waals surface area contributed by atoms with Crippen LogP contribution in [0.5, 0.6) is 0 Å². The van der Waals surface area contributed by atoms with Crippen molar-refractivity contribution in [1.29, 1.82) is 0 Å². The van der Waals surface area contributed by atoms with Gasteiger partial charge in [0.05, 0.1) is 6.33 Å². The summed E-state index contributed by atoms with van der Waals surface area (Å²) in [4.78, 5) is 15.4. The van der Waals surface area contributed by atoms with E-state index in [4.69, 9.17) is 5.84 Å². The molecule has 0 unspecified atom stereocenters. The fourth-order valence-electron chi connectivity index (χ4n) is 1.40. The summed E-state index contributed by atoms with van der Waals surface area (Å²) in [6, 6.07) is 0. The first kappa shape index (κ1) is 11.3.